The van der Waals surface area contributed by atoms with Gasteiger partial charge in [-0.3, -0.25) is 4.79 Å². The molecule has 0 aliphatic carbocycles. The second-order valence-electron chi connectivity index (χ2n) is 6.34. The standard InChI is InChI=1S/C18H19FN2O2S/c1-11-14-5-4-13(19)9-12(14)6-7-21(11)18(22)15-10-24-17(20-15)16-3-2-8-23-16/h4-5,9-11,16H,2-3,6-8H2,1H3/t11-,16-/m1/s1. The molecular weight excluding hydrogens is 327 g/mol. The van der Waals surface area contributed by atoms with Crippen LogP contribution in [0, 0.1) is 5.82 Å². The average molecular weight is 346 g/mol. The number of benzene rings is 1. The number of aromatic nitrogens is 1. The minimum absolute atomic E-state index is 0.0408. The largest absolute Gasteiger partial charge is 0.371 e. The van der Waals surface area contributed by atoms with Crippen LogP contribution in [0.2, 0.25) is 0 Å². The minimum Gasteiger partial charge on any atom is -0.371 e. The molecule has 1 fully saturated rings. The molecule has 2 aliphatic rings. The van der Waals surface area contributed by atoms with E-state index in [1.54, 1.807) is 12.1 Å². The summed E-state index contributed by atoms with van der Waals surface area (Å²) >= 11 is 1.49. The Kier molecular flexibility index (Phi) is 4.10. The van der Waals surface area contributed by atoms with Crippen LogP contribution in [0.15, 0.2) is 23.6 Å². The fourth-order valence-corrected chi connectivity index (χ4v) is 4.41. The molecule has 4 rings (SSSR count). The first kappa shape index (κ1) is 15.7. The van der Waals surface area contributed by atoms with E-state index in [0.29, 0.717) is 18.7 Å². The summed E-state index contributed by atoms with van der Waals surface area (Å²) in [6.45, 7) is 3.34. The molecule has 0 saturated carbocycles. The van der Waals surface area contributed by atoms with E-state index in [-0.39, 0.29) is 23.9 Å². The number of halogens is 1. The predicted octanol–water partition coefficient (Wildman–Crippen LogP) is 3.89. The minimum atomic E-state index is -0.221. The Morgan fingerprint density at radius 2 is 2.33 bits per heavy atom. The van der Waals surface area contributed by atoms with Crippen molar-refractivity contribution >= 4 is 17.2 Å². The highest BCUT2D eigenvalue weighted by Gasteiger charge is 2.30. The maximum absolute atomic E-state index is 13.4. The molecule has 1 aromatic carbocycles. The van der Waals surface area contributed by atoms with Crippen molar-refractivity contribution < 1.29 is 13.9 Å². The Balaban J connectivity index is 1.55. The van der Waals surface area contributed by atoms with Gasteiger partial charge in [0, 0.05) is 18.5 Å². The molecule has 0 unspecified atom stereocenters. The van der Waals surface area contributed by atoms with Gasteiger partial charge in [-0.25, -0.2) is 9.37 Å². The number of thiazole rings is 1. The van der Waals surface area contributed by atoms with Crippen molar-refractivity contribution in [1.29, 1.82) is 0 Å². The number of hydrogen-bond donors (Lipinski definition) is 0. The molecule has 3 heterocycles. The van der Waals surface area contributed by atoms with Gasteiger partial charge in [0.2, 0.25) is 0 Å². The van der Waals surface area contributed by atoms with E-state index in [2.05, 4.69) is 4.98 Å². The Labute approximate surface area is 144 Å². The number of ether oxygens (including phenoxy) is 1. The van der Waals surface area contributed by atoms with E-state index in [9.17, 15) is 9.18 Å². The first-order chi connectivity index (χ1) is 11.6. The Hall–Kier alpha value is -1.79. The van der Waals surface area contributed by atoms with E-state index in [1.807, 2.05) is 17.2 Å². The van der Waals surface area contributed by atoms with Gasteiger partial charge >= 0.3 is 0 Å². The zero-order valence-electron chi connectivity index (χ0n) is 13.5. The Morgan fingerprint density at radius 1 is 1.46 bits per heavy atom. The molecule has 6 heteroatoms. The number of hydrogen-bond acceptors (Lipinski definition) is 4. The van der Waals surface area contributed by atoms with Crippen LogP contribution in [0.5, 0.6) is 0 Å². The summed E-state index contributed by atoms with van der Waals surface area (Å²) in [7, 11) is 0. The Bertz CT molecular complexity index is 770. The van der Waals surface area contributed by atoms with Gasteiger partial charge in [0.15, 0.2) is 0 Å². The molecule has 4 nitrogen and oxygen atoms in total. The molecule has 2 aromatic rings. The molecule has 1 amide bonds. The summed E-state index contributed by atoms with van der Waals surface area (Å²) in [5.41, 5.74) is 2.50. The molecule has 126 valence electrons. The third kappa shape index (κ3) is 2.74. The summed E-state index contributed by atoms with van der Waals surface area (Å²) in [6.07, 6.45) is 2.73. The summed E-state index contributed by atoms with van der Waals surface area (Å²) in [6, 6.07) is 4.75. The van der Waals surface area contributed by atoms with Crippen LogP contribution in [-0.4, -0.2) is 28.9 Å². The van der Waals surface area contributed by atoms with E-state index in [4.69, 9.17) is 4.74 Å². The van der Waals surface area contributed by atoms with Crippen LogP contribution >= 0.6 is 11.3 Å². The van der Waals surface area contributed by atoms with E-state index < -0.39 is 0 Å². The van der Waals surface area contributed by atoms with Crippen molar-refractivity contribution in [3.63, 3.8) is 0 Å². The number of carbonyl (C=O) groups is 1. The molecule has 0 bridgehead atoms. The van der Waals surface area contributed by atoms with Gasteiger partial charge in [-0.15, -0.1) is 11.3 Å². The quantitative estimate of drug-likeness (QED) is 0.828. The predicted molar refractivity (Wildman–Crippen MR) is 89.6 cm³/mol. The summed E-state index contributed by atoms with van der Waals surface area (Å²) in [5.74, 6) is -0.278. The lowest BCUT2D eigenvalue weighted by atomic mass is 9.93. The topological polar surface area (TPSA) is 42.4 Å². The summed E-state index contributed by atoms with van der Waals surface area (Å²) in [5, 5.41) is 2.72. The van der Waals surface area contributed by atoms with Crippen molar-refractivity contribution in [1.82, 2.24) is 9.88 Å². The highest BCUT2D eigenvalue weighted by molar-refractivity contribution is 7.09. The van der Waals surface area contributed by atoms with Crippen LogP contribution in [0.25, 0.3) is 0 Å². The van der Waals surface area contributed by atoms with Gasteiger partial charge in [-0.2, -0.15) is 0 Å². The lowest BCUT2D eigenvalue weighted by molar-refractivity contribution is 0.0670. The van der Waals surface area contributed by atoms with E-state index in [1.165, 1.54) is 17.4 Å². The first-order valence-electron chi connectivity index (χ1n) is 8.30. The Morgan fingerprint density at radius 3 is 3.12 bits per heavy atom. The number of amides is 1. The second kappa shape index (κ2) is 6.26. The van der Waals surface area contributed by atoms with Crippen molar-refractivity contribution in [3.8, 4) is 0 Å². The second-order valence-corrected chi connectivity index (χ2v) is 7.23. The van der Waals surface area contributed by atoms with Crippen molar-refractivity contribution in [2.45, 2.75) is 38.3 Å². The highest BCUT2D eigenvalue weighted by atomic mass is 32.1. The fourth-order valence-electron chi connectivity index (χ4n) is 3.53. The molecule has 1 saturated heterocycles. The zero-order chi connectivity index (χ0) is 16.7. The monoisotopic (exact) mass is 346 g/mol. The zero-order valence-corrected chi connectivity index (χ0v) is 14.3. The van der Waals surface area contributed by atoms with E-state index in [0.717, 1.165) is 35.6 Å². The number of rotatable bonds is 2. The van der Waals surface area contributed by atoms with Crippen molar-refractivity contribution in [2.75, 3.05) is 13.2 Å². The highest BCUT2D eigenvalue weighted by Crippen LogP contribution is 2.33. The van der Waals surface area contributed by atoms with Gasteiger partial charge in [0.05, 0.1) is 6.04 Å². The SMILES string of the molecule is C[C@@H]1c2ccc(F)cc2CCN1C(=O)c1csc([C@H]2CCCO2)n1. The maximum Gasteiger partial charge on any atom is 0.273 e. The van der Waals surface area contributed by atoms with Gasteiger partial charge in [-0.1, -0.05) is 6.07 Å². The lowest BCUT2D eigenvalue weighted by Crippen LogP contribution is -2.39. The van der Waals surface area contributed by atoms with Crippen LogP contribution in [0.4, 0.5) is 4.39 Å². The fraction of sp³-hybridized carbons (Fsp3) is 0.444. The third-order valence-corrected chi connectivity index (χ3v) is 5.79. The average Bonchev–Trinajstić information content (AvgIpc) is 3.26. The van der Waals surface area contributed by atoms with Crippen LogP contribution in [0.1, 0.15) is 58.5 Å². The van der Waals surface area contributed by atoms with Gasteiger partial charge in [0.1, 0.15) is 22.6 Å². The summed E-state index contributed by atoms with van der Waals surface area (Å²) < 4.78 is 19.0. The molecule has 24 heavy (non-hydrogen) atoms. The molecule has 2 atom stereocenters. The van der Waals surface area contributed by atoms with Crippen molar-refractivity contribution in [2.24, 2.45) is 0 Å². The van der Waals surface area contributed by atoms with Gasteiger partial charge in [0.25, 0.3) is 5.91 Å². The maximum atomic E-state index is 13.4. The first-order valence-corrected chi connectivity index (χ1v) is 9.18. The third-order valence-electron chi connectivity index (χ3n) is 4.85. The van der Waals surface area contributed by atoms with Gasteiger partial charge < -0.3 is 9.64 Å². The number of nitrogens with zero attached hydrogens (tertiary/aromatic N) is 2. The molecule has 2 aliphatic heterocycles. The van der Waals surface area contributed by atoms with Gasteiger partial charge in [-0.05, 0) is 49.4 Å². The number of fused-ring (bicyclic) bond motifs is 1. The van der Waals surface area contributed by atoms with Crippen LogP contribution in [-0.2, 0) is 11.2 Å². The lowest BCUT2D eigenvalue weighted by Gasteiger charge is -2.34. The summed E-state index contributed by atoms with van der Waals surface area (Å²) in [4.78, 5) is 19.2. The van der Waals surface area contributed by atoms with Crippen molar-refractivity contribution in [3.05, 3.63) is 51.2 Å². The van der Waals surface area contributed by atoms with Crippen LogP contribution in [0.3, 0.4) is 0 Å². The number of carbonyl (C=O) groups excluding carboxylic acids is 1. The van der Waals surface area contributed by atoms with Crippen LogP contribution < -0.4 is 0 Å². The normalized spacial score (nSPS) is 23.3. The molecule has 0 N–H and O–H groups in total. The smallest absolute Gasteiger partial charge is 0.273 e. The molecule has 1 aromatic heterocycles. The molecular formula is C18H19FN2O2S. The molecule has 0 radical (unpaired) electrons. The van der Waals surface area contributed by atoms with E-state index >= 15 is 0 Å². The molecule has 0 spiro atoms.